The molecule has 1 amide bonds. The first-order valence-corrected chi connectivity index (χ1v) is 13.2. The first kappa shape index (κ1) is 26.5. The monoisotopic (exact) mass is 544 g/mol. The molecule has 10 heteroatoms. The summed E-state index contributed by atoms with van der Waals surface area (Å²) >= 11 is 5.92. The number of sulfonamides is 1. The summed E-state index contributed by atoms with van der Waals surface area (Å²) in [4.78, 5) is 12.9. The Morgan fingerprint density at radius 3 is 2.32 bits per heavy atom. The molecule has 1 aliphatic rings. The summed E-state index contributed by atoms with van der Waals surface area (Å²) in [6.07, 6.45) is 0.482. The first-order valence-electron chi connectivity index (χ1n) is 11.4. The van der Waals surface area contributed by atoms with Gasteiger partial charge in [-0.3, -0.25) is 9.10 Å². The highest BCUT2D eigenvalue weighted by atomic mass is 35.5. The van der Waals surface area contributed by atoms with Crippen molar-refractivity contribution in [2.45, 2.75) is 19.9 Å². The van der Waals surface area contributed by atoms with Gasteiger partial charge in [-0.25, -0.2) is 12.8 Å². The molecule has 1 N–H and O–H groups in total. The summed E-state index contributed by atoms with van der Waals surface area (Å²) in [5.74, 6) is -0.628. The van der Waals surface area contributed by atoms with E-state index in [1.807, 2.05) is 12.1 Å². The van der Waals surface area contributed by atoms with Gasteiger partial charge in [-0.2, -0.15) is 0 Å². The highest BCUT2D eigenvalue weighted by Gasteiger charge is 2.40. The number of ether oxygens (including phenoxy) is 2. The Labute approximate surface area is 220 Å². The number of allylic oxidation sites excluding steroid dienone is 1. The van der Waals surface area contributed by atoms with E-state index in [0.29, 0.717) is 28.5 Å². The van der Waals surface area contributed by atoms with Gasteiger partial charge < -0.3 is 14.8 Å². The van der Waals surface area contributed by atoms with E-state index < -0.39 is 26.7 Å². The van der Waals surface area contributed by atoms with Crippen molar-refractivity contribution in [1.82, 2.24) is 5.32 Å². The van der Waals surface area contributed by atoms with Gasteiger partial charge in [-0.1, -0.05) is 41.9 Å². The maximum Gasteiger partial charge on any atom is 0.270 e. The molecule has 0 spiro atoms. The third-order valence-corrected chi connectivity index (χ3v) is 8.32. The summed E-state index contributed by atoms with van der Waals surface area (Å²) in [6.45, 7) is 1.46. The molecule has 1 aliphatic heterocycles. The lowest BCUT2D eigenvalue weighted by Gasteiger charge is -2.33. The lowest BCUT2D eigenvalue weighted by atomic mass is 10.0. The summed E-state index contributed by atoms with van der Waals surface area (Å²) in [5.41, 5.74) is 2.08. The van der Waals surface area contributed by atoms with Crippen molar-refractivity contribution in [3.63, 3.8) is 0 Å². The Morgan fingerprint density at radius 2 is 1.68 bits per heavy atom. The Bertz CT molecular complexity index is 1470. The van der Waals surface area contributed by atoms with Crippen LogP contribution in [0, 0.1) is 5.82 Å². The summed E-state index contributed by atoms with van der Waals surface area (Å²) in [6, 6.07) is 16.2. The average molecular weight is 545 g/mol. The number of amides is 1. The summed E-state index contributed by atoms with van der Waals surface area (Å²) in [5, 5.41) is 3.31. The van der Waals surface area contributed by atoms with Crippen molar-refractivity contribution >= 4 is 38.8 Å². The maximum absolute atomic E-state index is 14.6. The Kier molecular flexibility index (Phi) is 7.75. The van der Waals surface area contributed by atoms with Gasteiger partial charge in [0.05, 0.1) is 26.5 Å². The molecule has 0 fully saturated rings. The fraction of sp³-hybridized carbons (Fsp3) is 0.222. The SMILES string of the molecule is COc1cc2c(cc1OC)N(Cc1ccccc1F)S(=O)(=O)C(C(=O)NCCc1ccc(Cl)cc1)=C2C. The zero-order valence-electron chi connectivity index (χ0n) is 20.5. The smallest absolute Gasteiger partial charge is 0.270 e. The zero-order chi connectivity index (χ0) is 26.7. The number of benzene rings is 3. The molecule has 0 aliphatic carbocycles. The highest BCUT2D eigenvalue weighted by Crippen LogP contribution is 2.45. The maximum atomic E-state index is 14.6. The zero-order valence-corrected chi connectivity index (χ0v) is 22.1. The largest absolute Gasteiger partial charge is 0.493 e. The quantitative estimate of drug-likeness (QED) is 0.434. The van der Waals surface area contributed by atoms with Gasteiger partial charge in [0, 0.05) is 28.8 Å². The molecular formula is C27H26ClFN2O5S. The predicted molar refractivity (Wildman–Crippen MR) is 142 cm³/mol. The van der Waals surface area contributed by atoms with Gasteiger partial charge in [0.25, 0.3) is 15.9 Å². The van der Waals surface area contributed by atoms with E-state index in [-0.39, 0.29) is 29.9 Å². The Hall–Kier alpha value is -3.56. The average Bonchev–Trinajstić information content (AvgIpc) is 2.87. The lowest BCUT2D eigenvalue weighted by molar-refractivity contribution is -0.116. The van der Waals surface area contributed by atoms with Crippen molar-refractivity contribution < 1.29 is 27.1 Å². The van der Waals surface area contributed by atoms with E-state index in [0.717, 1.165) is 9.87 Å². The molecule has 7 nitrogen and oxygen atoms in total. The van der Waals surface area contributed by atoms with Crippen LogP contribution in [0.15, 0.2) is 65.6 Å². The number of anilines is 1. The molecular weight excluding hydrogens is 519 g/mol. The van der Waals surface area contributed by atoms with Crippen molar-refractivity contribution in [3.8, 4) is 11.5 Å². The minimum Gasteiger partial charge on any atom is -0.493 e. The molecule has 0 atom stereocenters. The number of carbonyl (C=O) groups excluding carboxylic acids is 1. The normalized spacial score (nSPS) is 14.2. The molecule has 3 aromatic carbocycles. The molecule has 3 aromatic rings. The van der Waals surface area contributed by atoms with Gasteiger partial charge in [0.15, 0.2) is 16.4 Å². The van der Waals surface area contributed by atoms with Gasteiger partial charge in [-0.05, 0) is 48.7 Å². The second-order valence-corrected chi connectivity index (χ2v) is 10.6. The van der Waals surface area contributed by atoms with E-state index in [1.54, 1.807) is 31.2 Å². The Balaban J connectivity index is 1.75. The highest BCUT2D eigenvalue weighted by molar-refractivity contribution is 7.97. The van der Waals surface area contributed by atoms with Crippen LogP contribution in [0.4, 0.5) is 10.1 Å². The number of methoxy groups -OCH3 is 2. The van der Waals surface area contributed by atoms with Gasteiger partial charge >= 0.3 is 0 Å². The van der Waals surface area contributed by atoms with Crippen LogP contribution in [0.25, 0.3) is 5.57 Å². The van der Waals surface area contributed by atoms with Crippen LogP contribution in [-0.2, 0) is 27.8 Å². The second-order valence-electron chi connectivity index (χ2n) is 8.41. The number of fused-ring (bicyclic) bond motifs is 1. The van der Waals surface area contributed by atoms with Crippen LogP contribution in [0.3, 0.4) is 0 Å². The number of halogens is 2. The first-order chi connectivity index (χ1) is 17.7. The van der Waals surface area contributed by atoms with E-state index in [1.165, 1.54) is 38.5 Å². The van der Waals surface area contributed by atoms with E-state index in [4.69, 9.17) is 21.1 Å². The topological polar surface area (TPSA) is 84.9 Å². The number of hydrogen-bond acceptors (Lipinski definition) is 5. The minimum atomic E-state index is -4.37. The van der Waals surface area contributed by atoms with Crippen LogP contribution >= 0.6 is 11.6 Å². The van der Waals surface area contributed by atoms with Crippen LogP contribution in [-0.4, -0.2) is 35.1 Å². The van der Waals surface area contributed by atoms with Crippen LogP contribution in [0.1, 0.15) is 23.6 Å². The minimum absolute atomic E-state index is 0.161. The summed E-state index contributed by atoms with van der Waals surface area (Å²) < 4.78 is 54.1. The van der Waals surface area contributed by atoms with Crippen molar-refractivity contribution in [2.75, 3.05) is 25.1 Å². The number of nitrogens with one attached hydrogen (secondary N) is 1. The molecule has 0 saturated carbocycles. The van der Waals surface area contributed by atoms with E-state index >= 15 is 0 Å². The number of nitrogens with zero attached hydrogens (tertiary/aromatic N) is 1. The van der Waals surface area contributed by atoms with Crippen LogP contribution in [0.5, 0.6) is 11.5 Å². The van der Waals surface area contributed by atoms with Gasteiger partial charge in [0.1, 0.15) is 5.82 Å². The van der Waals surface area contributed by atoms with Crippen LogP contribution < -0.4 is 19.1 Å². The third-order valence-electron chi connectivity index (χ3n) is 6.15. The van der Waals surface area contributed by atoms with E-state index in [9.17, 15) is 17.6 Å². The molecule has 0 saturated heterocycles. The number of hydrogen-bond donors (Lipinski definition) is 1. The lowest BCUT2D eigenvalue weighted by Crippen LogP contribution is -2.41. The molecule has 0 unspecified atom stereocenters. The molecule has 194 valence electrons. The fourth-order valence-corrected chi connectivity index (χ4v) is 6.09. The summed E-state index contributed by atoms with van der Waals surface area (Å²) in [7, 11) is -1.47. The molecule has 0 aromatic heterocycles. The Morgan fingerprint density at radius 1 is 1.03 bits per heavy atom. The number of carbonyl (C=O) groups is 1. The number of rotatable bonds is 8. The molecule has 0 bridgehead atoms. The van der Waals surface area contributed by atoms with E-state index in [2.05, 4.69) is 5.32 Å². The van der Waals surface area contributed by atoms with Crippen molar-refractivity contribution in [3.05, 3.63) is 93.1 Å². The molecule has 37 heavy (non-hydrogen) atoms. The van der Waals surface area contributed by atoms with Crippen LogP contribution in [0.2, 0.25) is 5.02 Å². The molecule has 4 rings (SSSR count). The third kappa shape index (κ3) is 5.28. The standard InChI is InChI=1S/C27H26ClFN2O5S/c1-17-21-14-24(35-2)25(36-3)15-23(21)31(16-19-6-4-5-7-22(19)29)37(33,34)26(17)27(32)30-13-12-18-8-10-20(28)11-9-18/h4-11,14-15H,12-13,16H2,1-3H3,(H,30,32). The molecule has 1 heterocycles. The van der Waals surface area contributed by atoms with Crippen molar-refractivity contribution in [2.24, 2.45) is 0 Å². The molecule has 0 radical (unpaired) electrons. The van der Waals surface area contributed by atoms with Gasteiger partial charge in [-0.15, -0.1) is 0 Å². The predicted octanol–water partition coefficient (Wildman–Crippen LogP) is 4.94. The van der Waals surface area contributed by atoms with Crippen molar-refractivity contribution in [1.29, 1.82) is 0 Å². The fourth-order valence-electron chi connectivity index (χ4n) is 4.22. The second kappa shape index (κ2) is 10.8. The van der Waals surface area contributed by atoms with Gasteiger partial charge in [0.2, 0.25) is 0 Å².